The fourth-order valence-corrected chi connectivity index (χ4v) is 4.63. The number of likely N-dealkylation sites (tertiary alicyclic amines) is 1. The molecule has 1 spiro atoms. The molecular weight excluding hydrogens is 426 g/mol. The van der Waals surface area contributed by atoms with Gasteiger partial charge in [-0.2, -0.15) is 0 Å². The molecule has 1 fully saturated rings. The number of benzene rings is 2. The normalized spacial score (nSPS) is 17.6. The number of hydrogen-bond donors (Lipinski definition) is 0. The predicted molar refractivity (Wildman–Crippen MR) is 124 cm³/mol. The minimum atomic E-state index is -3.21. The summed E-state index contributed by atoms with van der Waals surface area (Å²) >= 11 is 0. The number of carbonyl (C=O) groups is 1. The van der Waals surface area contributed by atoms with Crippen LogP contribution < -0.4 is 4.74 Å². The summed E-state index contributed by atoms with van der Waals surface area (Å²) in [7, 11) is -3.21. The van der Waals surface area contributed by atoms with E-state index in [4.69, 9.17) is 9.47 Å². The molecule has 2 aliphatic heterocycles. The van der Waals surface area contributed by atoms with Gasteiger partial charge < -0.3 is 14.4 Å². The van der Waals surface area contributed by atoms with E-state index in [0.717, 1.165) is 22.4 Å². The molecule has 4 rings (SSSR count). The van der Waals surface area contributed by atoms with E-state index in [0.29, 0.717) is 30.8 Å². The first kappa shape index (κ1) is 22.4. The molecule has 2 aliphatic rings. The zero-order valence-electron chi connectivity index (χ0n) is 18.9. The van der Waals surface area contributed by atoms with Crippen LogP contribution in [-0.4, -0.2) is 50.0 Å². The van der Waals surface area contributed by atoms with Gasteiger partial charge in [-0.3, -0.25) is 0 Å². The number of ether oxygens (including phenoxy) is 2. The number of sulfone groups is 1. The Morgan fingerprint density at radius 3 is 2.25 bits per heavy atom. The molecule has 1 saturated heterocycles. The van der Waals surface area contributed by atoms with E-state index in [2.05, 4.69) is 12.2 Å². The summed E-state index contributed by atoms with van der Waals surface area (Å²) in [6, 6.07) is 12.9. The Labute approximate surface area is 189 Å². The van der Waals surface area contributed by atoms with E-state index in [-0.39, 0.29) is 6.09 Å². The molecule has 6 nitrogen and oxygen atoms in total. The van der Waals surface area contributed by atoms with Crippen molar-refractivity contribution in [2.24, 2.45) is 0 Å². The second-order valence-electron chi connectivity index (χ2n) is 9.52. The van der Waals surface area contributed by atoms with Crippen molar-refractivity contribution in [1.82, 2.24) is 4.90 Å². The van der Waals surface area contributed by atoms with Gasteiger partial charge in [0.1, 0.15) is 17.0 Å². The largest absolute Gasteiger partial charge is 0.482 e. The van der Waals surface area contributed by atoms with Gasteiger partial charge in [-0.15, -0.1) is 0 Å². The number of amides is 1. The van der Waals surface area contributed by atoms with Crippen LogP contribution in [0.2, 0.25) is 0 Å². The van der Waals surface area contributed by atoms with Crippen LogP contribution in [0.25, 0.3) is 17.2 Å². The maximum atomic E-state index is 12.3. The van der Waals surface area contributed by atoms with Crippen LogP contribution in [0, 0.1) is 0 Å². The predicted octanol–water partition coefficient (Wildman–Crippen LogP) is 4.93. The van der Waals surface area contributed by atoms with Crippen LogP contribution >= 0.6 is 0 Å². The Morgan fingerprint density at radius 1 is 1.03 bits per heavy atom. The summed E-state index contributed by atoms with van der Waals surface area (Å²) in [5, 5.41) is 0. The number of hydrogen-bond acceptors (Lipinski definition) is 5. The van der Waals surface area contributed by atoms with E-state index in [1.54, 1.807) is 17.0 Å². The van der Waals surface area contributed by atoms with Gasteiger partial charge in [0.25, 0.3) is 0 Å². The van der Waals surface area contributed by atoms with E-state index >= 15 is 0 Å². The lowest BCUT2D eigenvalue weighted by Gasteiger charge is -2.42. The molecule has 2 aromatic rings. The van der Waals surface area contributed by atoms with E-state index in [9.17, 15) is 13.2 Å². The summed E-state index contributed by atoms with van der Waals surface area (Å²) in [4.78, 5) is 14.4. The second kappa shape index (κ2) is 7.96. The highest BCUT2D eigenvalue weighted by Crippen LogP contribution is 2.39. The van der Waals surface area contributed by atoms with Crippen molar-refractivity contribution in [3.63, 3.8) is 0 Å². The molecule has 0 unspecified atom stereocenters. The Hall–Kier alpha value is -2.80. The third-order valence-electron chi connectivity index (χ3n) is 5.77. The Kier molecular flexibility index (Phi) is 5.57. The molecule has 1 amide bonds. The fraction of sp³-hybridized carbons (Fsp3) is 0.400. The molecule has 170 valence electrons. The molecule has 0 radical (unpaired) electrons. The number of nitrogens with zero attached hydrogens (tertiary/aromatic N) is 1. The average molecular weight is 456 g/mol. The lowest BCUT2D eigenvalue weighted by molar-refractivity contribution is -0.00101. The average Bonchev–Trinajstić information content (AvgIpc) is 2.72. The highest BCUT2D eigenvalue weighted by atomic mass is 32.2. The number of fused-ring (bicyclic) bond motifs is 1. The van der Waals surface area contributed by atoms with Crippen molar-refractivity contribution in [2.75, 3.05) is 19.3 Å². The van der Waals surface area contributed by atoms with Crippen LogP contribution in [0.1, 0.15) is 39.2 Å². The lowest BCUT2D eigenvalue weighted by Crippen LogP contribution is -2.50. The van der Waals surface area contributed by atoms with Crippen molar-refractivity contribution < 1.29 is 22.7 Å². The molecule has 0 N–H and O–H groups in total. The van der Waals surface area contributed by atoms with Crippen molar-refractivity contribution in [1.29, 1.82) is 0 Å². The van der Waals surface area contributed by atoms with Gasteiger partial charge in [-0.05, 0) is 62.2 Å². The third-order valence-corrected chi connectivity index (χ3v) is 6.90. The summed E-state index contributed by atoms with van der Waals surface area (Å²) in [6.45, 7) is 6.77. The number of carbonyl (C=O) groups excluding carboxylic acids is 1. The SMILES string of the molecule is CC(C)(C)OC(=O)N1CCC2(C=Cc3cc(-c4ccc(S(C)(=O)=O)cc4)ccc3O2)CC1. The summed E-state index contributed by atoms with van der Waals surface area (Å²) in [5.74, 6) is 0.815. The van der Waals surface area contributed by atoms with Crippen LogP contribution in [0.3, 0.4) is 0 Å². The van der Waals surface area contributed by atoms with E-state index in [1.165, 1.54) is 6.26 Å². The molecule has 2 heterocycles. The maximum absolute atomic E-state index is 12.3. The fourth-order valence-electron chi connectivity index (χ4n) is 4.00. The minimum Gasteiger partial charge on any atom is -0.482 e. The topological polar surface area (TPSA) is 72.9 Å². The smallest absolute Gasteiger partial charge is 0.410 e. The molecule has 0 bridgehead atoms. The second-order valence-corrected chi connectivity index (χ2v) is 11.5. The van der Waals surface area contributed by atoms with Crippen molar-refractivity contribution >= 4 is 22.0 Å². The summed E-state index contributed by atoms with van der Waals surface area (Å²) in [5.41, 5.74) is 2.00. The van der Waals surface area contributed by atoms with E-state index in [1.807, 2.05) is 51.1 Å². The first-order valence-corrected chi connectivity index (χ1v) is 12.6. The quantitative estimate of drug-likeness (QED) is 0.642. The highest BCUT2D eigenvalue weighted by Gasteiger charge is 2.39. The summed E-state index contributed by atoms with van der Waals surface area (Å²) in [6.07, 6.45) is 6.51. The van der Waals surface area contributed by atoms with Crippen LogP contribution in [-0.2, 0) is 14.6 Å². The Morgan fingerprint density at radius 2 is 1.66 bits per heavy atom. The molecule has 0 aliphatic carbocycles. The van der Waals surface area contributed by atoms with Gasteiger partial charge in [0.2, 0.25) is 0 Å². The summed E-state index contributed by atoms with van der Waals surface area (Å²) < 4.78 is 35.3. The standard InChI is InChI=1S/C25H29NO5S/c1-24(2,3)31-23(27)26-15-13-25(14-16-26)12-11-20-17-19(7-10-22(20)30-25)18-5-8-21(9-6-18)32(4,28)29/h5-12,17H,13-16H2,1-4H3. The van der Waals surface area contributed by atoms with Gasteiger partial charge in [0.05, 0.1) is 4.90 Å². The number of rotatable bonds is 2. The third kappa shape index (κ3) is 4.83. The molecule has 0 saturated carbocycles. The molecule has 0 aromatic heterocycles. The first-order valence-electron chi connectivity index (χ1n) is 10.7. The van der Waals surface area contributed by atoms with Crippen molar-refractivity contribution in [2.45, 2.75) is 49.7 Å². The molecule has 0 atom stereocenters. The Balaban J connectivity index is 1.46. The van der Waals surface area contributed by atoms with Gasteiger partial charge in [-0.1, -0.05) is 24.3 Å². The maximum Gasteiger partial charge on any atom is 0.410 e. The van der Waals surface area contributed by atoms with Gasteiger partial charge >= 0.3 is 6.09 Å². The van der Waals surface area contributed by atoms with Gasteiger partial charge in [0, 0.05) is 37.8 Å². The lowest BCUT2D eigenvalue weighted by atomic mass is 9.87. The van der Waals surface area contributed by atoms with Crippen LogP contribution in [0.5, 0.6) is 5.75 Å². The van der Waals surface area contributed by atoms with Gasteiger partial charge in [-0.25, -0.2) is 13.2 Å². The van der Waals surface area contributed by atoms with E-state index < -0.39 is 21.0 Å². The molecular formula is C25H29NO5S. The first-order chi connectivity index (χ1) is 14.9. The van der Waals surface area contributed by atoms with Gasteiger partial charge in [0.15, 0.2) is 9.84 Å². The van der Waals surface area contributed by atoms with Crippen LogP contribution in [0.4, 0.5) is 4.79 Å². The molecule has 7 heteroatoms. The zero-order chi connectivity index (χ0) is 23.1. The molecule has 2 aromatic carbocycles. The van der Waals surface area contributed by atoms with Crippen LogP contribution in [0.15, 0.2) is 53.4 Å². The molecule has 32 heavy (non-hydrogen) atoms. The van der Waals surface area contributed by atoms with Crippen molar-refractivity contribution in [3.05, 3.63) is 54.1 Å². The minimum absolute atomic E-state index is 0.279. The highest BCUT2D eigenvalue weighted by molar-refractivity contribution is 7.90. The Bertz CT molecular complexity index is 1150. The monoisotopic (exact) mass is 455 g/mol. The van der Waals surface area contributed by atoms with Crippen molar-refractivity contribution in [3.8, 4) is 16.9 Å². The zero-order valence-corrected chi connectivity index (χ0v) is 19.7. The number of piperidine rings is 1.